The fraction of sp³-hybridized carbons (Fsp3) is 0.526. The highest BCUT2D eigenvalue weighted by atomic mass is 16.5. The monoisotopic (exact) mass is 365 g/mol. The van der Waals surface area contributed by atoms with Gasteiger partial charge in [-0.15, -0.1) is 0 Å². The van der Waals surface area contributed by atoms with E-state index in [0.717, 1.165) is 6.42 Å². The van der Waals surface area contributed by atoms with Gasteiger partial charge in [0.25, 0.3) is 5.91 Å². The number of carboxylic acids is 2. The van der Waals surface area contributed by atoms with Gasteiger partial charge in [0.05, 0.1) is 6.10 Å². The van der Waals surface area contributed by atoms with Crippen molar-refractivity contribution >= 4 is 17.8 Å². The molecule has 0 fully saturated rings. The van der Waals surface area contributed by atoms with Crippen LogP contribution < -0.4 is 5.32 Å². The first-order valence-electron chi connectivity index (χ1n) is 8.67. The molecular formula is C19H27NO6. The molecule has 0 heterocycles. The molecule has 1 amide bonds. The van der Waals surface area contributed by atoms with Crippen LogP contribution in [0.4, 0.5) is 0 Å². The molecule has 144 valence electrons. The zero-order valence-corrected chi connectivity index (χ0v) is 15.4. The molecule has 2 unspecified atom stereocenters. The van der Waals surface area contributed by atoms with Gasteiger partial charge in [-0.05, 0) is 45.2 Å². The normalized spacial score (nSPS) is 13.7. The summed E-state index contributed by atoms with van der Waals surface area (Å²) in [5.41, 5.74) is -0.974. The Morgan fingerprint density at radius 2 is 1.69 bits per heavy atom. The number of amides is 1. The topological polar surface area (TPSA) is 113 Å². The van der Waals surface area contributed by atoms with Crippen molar-refractivity contribution in [2.24, 2.45) is 0 Å². The van der Waals surface area contributed by atoms with Gasteiger partial charge in [0.1, 0.15) is 6.04 Å². The van der Waals surface area contributed by atoms with E-state index >= 15 is 0 Å². The van der Waals surface area contributed by atoms with Crippen LogP contribution in [0.5, 0.6) is 0 Å². The van der Waals surface area contributed by atoms with Gasteiger partial charge in [0.15, 0.2) is 5.60 Å². The molecule has 0 saturated heterocycles. The molecule has 0 aliphatic carbocycles. The van der Waals surface area contributed by atoms with Crippen LogP contribution in [-0.4, -0.2) is 45.8 Å². The van der Waals surface area contributed by atoms with E-state index in [1.54, 1.807) is 30.3 Å². The summed E-state index contributed by atoms with van der Waals surface area (Å²) in [6, 6.07) is 7.30. The van der Waals surface area contributed by atoms with Crippen LogP contribution in [0.25, 0.3) is 0 Å². The molecule has 1 aromatic rings. The lowest BCUT2D eigenvalue weighted by atomic mass is 10.0. The summed E-state index contributed by atoms with van der Waals surface area (Å²) in [7, 11) is 0. The van der Waals surface area contributed by atoms with Crippen molar-refractivity contribution in [2.45, 2.75) is 64.2 Å². The summed E-state index contributed by atoms with van der Waals surface area (Å²) in [5, 5.41) is 21.1. The maximum atomic E-state index is 12.2. The van der Waals surface area contributed by atoms with Crippen molar-refractivity contribution in [2.75, 3.05) is 0 Å². The molecule has 7 heteroatoms. The third-order valence-corrected chi connectivity index (χ3v) is 4.00. The third kappa shape index (κ3) is 6.84. The van der Waals surface area contributed by atoms with Crippen LogP contribution in [0, 0.1) is 0 Å². The van der Waals surface area contributed by atoms with E-state index in [9.17, 15) is 24.6 Å². The van der Waals surface area contributed by atoms with E-state index in [2.05, 4.69) is 5.32 Å². The van der Waals surface area contributed by atoms with Crippen molar-refractivity contribution in [3.05, 3.63) is 35.9 Å². The first-order valence-corrected chi connectivity index (χ1v) is 8.67. The minimum atomic E-state index is -1.36. The van der Waals surface area contributed by atoms with Crippen molar-refractivity contribution in [3.8, 4) is 0 Å². The highest BCUT2D eigenvalue weighted by molar-refractivity contribution is 5.96. The summed E-state index contributed by atoms with van der Waals surface area (Å²) in [4.78, 5) is 34.9. The lowest BCUT2D eigenvalue weighted by Crippen LogP contribution is -2.42. The third-order valence-electron chi connectivity index (χ3n) is 4.00. The molecule has 0 aliphatic heterocycles. The summed E-state index contributed by atoms with van der Waals surface area (Å²) in [5.74, 6) is -2.68. The number of aliphatic carboxylic acids is 2. The van der Waals surface area contributed by atoms with Crippen LogP contribution >= 0.6 is 0 Å². The standard InChI is InChI=1S/C19H27NO6/c1-4-8-14(26-19(2,3)18(24)25)11-12-15(17(22)23)20-16(21)13-9-6-5-7-10-13/h5-7,9-10,14-15H,4,8,11-12H2,1-3H3,(H,20,21)(H,22,23)(H,24,25). The minimum Gasteiger partial charge on any atom is -0.480 e. The van der Waals surface area contributed by atoms with Gasteiger partial charge in [-0.3, -0.25) is 4.79 Å². The smallest absolute Gasteiger partial charge is 0.335 e. The van der Waals surface area contributed by atoms with E-state index in [-0.39, 0.29) is 6.42 Å². The van der Waals surface area contributed by atoms with Gasteiger partial charge < -0.3 is 20.3 Å². The predicted octanol–water partition coefficient (Wildman–Crippen LogP) is 2.70. The number of rotatable bonds is 11. The summed E-state index contributed by atoms with van der Waals surface area (Å²) in [6.07, 6.45) is 1.45. The van der Waals surface area contributed by atoms with E-state index in [1.807, 2.05) is 6.92 Å². The number of carbonyl (C=O) groups excluding carboxylic acids is 1. The molecule has 26 heavy (non-hydrogen) atoms. The highest BCUT2D eigenvalue weighted by Gasteiger charge is 2.32. The predicted molar refractivity (Wildman–Crippen MR) is 96.1 cm³/mol. The number of hydrogen-bond acceptors (Lipinski definition) is 4. The van der Waals surface area contributed by atoms with Gasteiger partial charge >= 0.3 is 11.9 Å². The molecule has 7 nitrogen and oxygen atoms in total. The second-order valence-corrected chi connectivity index (χ2v) is 6.65. The zero-order valence-electron chi connectivity index (χ0n) is 15.4. The average Bonchev–Trinajstić information content (AvgIpc) is 2.58. The summed E-state index contributed by atoms with van der Waals surface area (Å²) >= 11 is 0. The Hall–Kier alpha value is -2.41. The molecule has 0 saturated carbocycles. The molecule has 0 aromatic heterocycles. The van der Waals surface area contributed by atoms with Crippen LogP contribution in [-0.2, 0) is 14.3 Å². The molecule has 0 radical (unpaired) electrons. The second-order valence-electron chi connectivity index (χ2n) is 6.65. The Kier molecular flexibility index (Phi) is 8.25. The van der Waals surface area contributed by atoms with Gasteiger partial charge in [-0.25, -0.2) is 9.59 Å². The Balaban J connectivity index is 2.71. The fourth-order valence-electron chi connectivity index (χ4n) is 2.49. The van der Waals surface area contributed by atoms with E-state index in [4.69, 9.17) is 4.74 Å². The lowest BCUT2D eigenvalue weighted by molar-refractivity contribution is -0.169. The van der Waals surface area contributed by atoms with Crippen LogP contribution in [0.1, 0.15) is 56.8 Å². The van der Waals surface area contributed by atoms with Crippen LogP contribution in [0.3, 0.4) is 0 Å². The van der Waals surface area contributed by atoms with Crippen LogP contribution in [0.2, 0.25) is 0 Å². The number of carbonyl (C=O) groups is 3. The number of carboxylic acid groups (broad SMARTS) is 2. The maximum Gasteiger partial charge on any atom is 0.335 e. The molecule has 2 atom stereocenters. The SMILES string of the molecule is CCCC(CCC(NC(=O)c1ccccc1)C(=O)O)OC(C)(C)C(=O)O. The van der Waals surface area contributed by atoms with E-state index in [0.29, 0.717) is 18.4 Å². The van der Waals surface area contributed by atoms with Crippen molar-refractivity contribution < 1.29 is 29.3 Å². The summed E-state index contributed by atoms with van der Waals surface area (Å²) < 4.78 is 5.65. The van der Waals surface area contributed by atoms with Crippen molar-refractivity contribution in [3.63, 3.8) is 0 Å². The van der Waals surface area contributed by atoms with Crippen molar-refractivity contribution in [1.29, 1.82) is 0 Å². The van der Waals surface area contributed by atoms with E-state index < -0.39 is 35.6 Å². The van der Waals surface area contributed by atoms with Crippen molar-refractivity contribution in [1.82, 2.24) is 5.32 Å². The molecule has 0 aliphatic rings. The van der Waals surface area contributed by atoms with Crippen LogP contribution in [0.15, 0.2) is 30.3 Å². The molecule has 3 N–H and O–H groups in total. The first kappa shape index (κ1) is 21.6. The lowest BCUT2D eigenvalue weighted by Gasteiger charge is -2.28. The van der Waals surface area contributed by atoms with Gasteiger partial charge in [-0.2, -0.15) is 0 Å². The molecule has 1 rings (SSSR count). The largest absolute Gasteiger partial charge is 0.480 e. The Labute approximate surface area is 153 Å². The van der Waals surface area contributed by atoms with Gasteiger partial charge in [0, 0.05) is 5.56 Å². The highest BCUT2D eigenvalue weighted by Crippen LogP contribution is 2.20. The summed E-state index contributed by atoms with van der Waals surface area (Å²) in [6.45, 7) is 4.86. The minimum absolute atomic E-state index is 0.147. The van der Waals surface area contributed by atoms with Gasteiger partial charge in [0.2, 0.25) is 0 Å². The fourth-order valence-corrected chi connectivity index (χ4v) is 2.49. The maximum absolute atomic E-state index is 12.2. The molecule has 0 spiro atoms. The Bertz CT molecular complexity index is 614. The number of hydrogen-bond donors (Lipinski definition) is 3. The molecule has 0 bridgehead atoms. The Morgan fingerprint density at radius 3 is 2.19 bits per heavy atom. The first-order chi connectivity index (χ1) is 12.2. The molecule has 1 aromatic carbocycles. The van der Waals surface area contributed by atoms with Gasteiger partial charge in [-0.1, -0.05) is 31.5 Å². The number of ether oxygens (including phenoxy) is 1. The Morgan fingerprint density at radius 1 is 1.08 bits per heavy atom. The number of nitrogens with one attached hydrogen (secondary N) is 1. The average molecular weight is 365 g/mol. The quantitative estimate of drug-likeness (QED) is 0.556. The van der Waals surface area contributed by atoms with E-state index in [1.165, 1.54) is 13.8 Å². The molecular weight excluding hydrogens is 338 g/mol. The number of benzene rings is 1. The zero-order chi connectivity index (χ0) is 19.7. The second kappa shape index (κ2) is 9.91.